The highest BCUT2D eigenvalue weighted by Gasteiger charge is 2.24. The van der Waals surface area contributed by atoms with E-state index >= 15 is 0 Å². The van der Waals surface area contributed by atoms with Gasteiger partial charge in [0.1, 0.15) is 0 Å². The van der Waals surface area contributed by atoms with Crippen molar-refractivity contribution in [1.29, 1.82) is 0 Å². The third kappa shape index (κ3) is 4.56. The van der Waals surface area contributed by atoms with Gasteiger partial charge in [-0.2, -0.15) is 0 Å². The molecule has 0 radical (unpaired) electrons. The lowest BCUT2D eigenvalue weighted by Gasteiger charge is -2.31. The SMILES string of the molecule is CCCNC(Cn1nc(OC)ccc1=O)C1CCCCC1. The van der Waals surface area contributed by atoms with E-state index in [9.17, 15) is 4.79 Å². The molecule has 0 aliphatic heterocycles. The van der Waals surface area contributed by atoms with Crippen LogP contribution in [0.15, 0.2) is 16.9 Å². The number of ether oxygens (including phenoxy) is 1. The average Bonchev–Trinajstić information content (AvgIpc) is 2.54. The molecule has 5 heteroatoms. The Morgan fingerprint density at radius 2 is 2.14 bits per heavy atom. The highest BCUT2D eigenvalue weighted by Crippen LogP contribution is 2.27. The number of methoxy groups -OCH3 is 1. The standard InChI is InChI=1S/C16H27N3O2/c1-3-11-17-14(13-7-5-4-6-8-13)12-19-16(20)10-9-15(18-19)21-2/h9-10,13-14,17H,3-8,11-12H2,1-2H3. The van der Waals surface area contributed by atoms with Crippen molar-refractivity contribution in [1.82, 2.24) is 15.1 Å². The summed E-state index contributed by atoms with van der Waals surface area (Å²) in [6, 6.07) is 3.47. The largest absolute Gasteiger partial charge is 0.480 e. The summed E-state index contributed by atoms with van der Waals surface area (Å²) in [6.07, 6.45) is 7.54. The van der Waals surface area contributed by atoms with Crippen LogP contribution in [-0.2, 0) is 6.54 Å². The zero-order valence-electron chi connectivity index (χ0n) is 13.2. The van der Waals surface area contributed by atoms with Crippen molar-refractivity contribution in [2.45, 2.75) is 58.0 Å². The molecule has 0 saturated heterocycles. The predicted octanol–water partition coefficient (Wildman–Crippen LogP) is 2.20. The molecule has 1 saturated carbocycles. The van der Waals surface area contributed by atoms with E-state index in [0.29, 0.717) is 24.4 Å². The monoisotopic (exact) mass is 293 g/mol. The van der Waals surface area contributed by atoms with Crippen LogP contribution in [0.25, 0.3) is 0 Å². The van der Waals surface area contributed by atoms with Crippen LogP contribution >= 0.6 is 0 Å². The first-order valence-electron chi connectivity index (χ1n) is 8.10. The molecular weight excluding hydrogens is 266 g/mol. The first kappa shape index (κ1) is 16.0. The smallest absolute Gasteiger partial charge is 0.267 e. The minimum Gasteiger partial charge on any atom is -0.480 e. The molecule has 0 spiro atoms. The molecule has 5 nitrogen and oxygen atoms in total. The van der Waals surface area contributed by atoms with Gasteiger partial charge in [0, 0.05) is 18.2 Å². The molecule has 1 aromatic rings. The Hall–Kier alpha value is -1.36. The molecule has 1 atom stereocenters. The molecule has 1 unspecified atom stereocenters. The summed E-state index contributed by atoms with van der Waals surface area (Å²) in [4.78, 5) is 12.0. The van der Waals surface area contributed by atoms with Gasteiger partial charge in [-0.15, -0.1) is 5.10 Å². The van der Waals surface area contributed by atoms with Crippen LogP contribution in [0.2, 0.25) is 0 Å². The summed E-state index contributed by atoms with van der Waals surface area (Å²) in [5.74, 6) is 1.14. The van der Waals surface area contributed by atoms with Gasteiger partial charge in [0.25, 0.3) is 5.56 Å². The summed E-state index contributed by atoms with van der Waals surface area (Å²) < 4.78 is 6.67. The van der Waals surface area contributed by atoms with Crippen molar-refractivity contribution in [3.05, 3.63) is 22.5 Å². The number of aromatic nitrogens is 2. The minimum absolute atomic E-state index is 0.0603. The Labute approximate surface area is 126 Å². The average molecular weight is 293 g/mol. The predicted molar refractivity (Wildman–Crippen MR) is 83.7 cm³/mol. The molecule has 1 N–H and O–H groups in total. The lowest BCUT2D eigenvalue weighted by molar-refractivity contribution is 0.237. The lowest BCUT2D eigenvalue weighted by atomic mass is 9.84. The number of nitrogens with zero attached hydrogens (tertiary/aromatic N) is 2. The first-order valence-corrected chi connectivity index (χ1v) is 8.10. The fourth-order valence-corrected chi connectivity index (χ4v) is 3.10. The van der Waals surface area contributed by atoms with Crippen LogP contribution in [0.4, 0.5) is 0 Å². The molecule has 1 aromatic heterocycles. The van der Waals surface area contributed by atoms with Crippen molar-refractivity contribution in [3.8, 4) is 5.88 Å². The van der Waals surface area contributed by atoms with Gasteiger partial charge >= 0.3 is 0 Å². The third-order valence-corrected chi connectivity index (χ3v) is 4.30. The molecule has 0 amide bonds. The summed E-state index contributed by atoms with van der Waals surface area (Å²) in [6.45, 7) is 3.78. The van der Waals surface area contributed by atoms with Gasteiger partial charge < -0.3 is 10.1 Å². The maximum absolute atomic E-state index is 12.0. The lowest BCUT2D eigenvalue weighted by Crippen LogP contribution is -2.43. The van der Waals surface area contributed by atoms with Crippen molar-refractivity contribution in [2.75, 3.05) is 13.7 Å². The van der Waals surface area contributed by atoms with Gasteiger partial charge in [-0.05, 0) is 31.7 Å². The Kier molecular flexibility index (Phi) is 6.23. The van der Waals surface area contributed by atoms with E-state index in [0.717, 1.165) is 13.0 Å². The molecule has 0 aromatic carbocycles. The minimum atomic E-state index is -0.0603. The van der Waals surface area contributed by atoms with Crippen LogP contribution < -0.4 is 15.6 Å². The summed E-state index contributed by atoms with van der Waals surface area (Å²) in [7, 11) is 1.57. The van der Waals surface area contributed by atoms with Gasteiger partial charge in [-0.25, -0.2) is 4.68 Å². The number of rotatable bonds is 7. The van der Waals surface area contributed by atoms with Crippen LogP contribution in [0, 0.1) is 5.92 Å². The normalized spacial score (nSPS) is 17.6. The molecule has 118 valence electrons. The Morgan fingerprint density at radius 3 is 2.81 bits per heavy atom. The maximum Gasteiger partial charge on any atom is 0.267 e. The molecule has 0 bridgehead atoms. The Balaban J connectivity index is 2.11. The van der Waals surface area contributed by atoms with Crippen molar-refractivity contribution in [2.24, 2.45) is 5.92 Å². The highest BCUT2D eigenvalue weighted by molar-refractivity contribution is 5.06. The molecule has 1 aliphatic rings. The second kappa shape index (κ2) is 8.17. The van der Waals surface area contributed by atoms with Crippen molar-refractivity contribution >= 4 is 0 Å². The fourth-order valence-electron chi connectivity index (χ4n) is 3.10. The Morgan fingerprint density at radius 1 is 1.38 bits per heavy atom. The number of hydrogen-bond acceptors (Lipinski definition) is 4. The molecule has 2 rings (SSSR count). The van der Waals surface area contributed by atoms with Gasteiger partial charge in [-0.3, -0.25) is 4.79 Å². The topological polar surface area (TPSA) is 56.1 Å². The van der Waals surface area contributed by atoms with Gasteiger partial charge in [-0.1, -0.05) is 26.2 Å². The van der Waals surface area contributed by atoms with E-state index in [1.807, 2.05) is 0 Å². The van der Waals surface area contributed by atoms with E-state index in [-0.39, 0.29) is 5.56 Å². The number of hydrogen-bond donors (Lipinski definition) is 1. The Bertz CT molecular complexity index is 481. The first-order chi connectivity index (χ1) is 10.2. The molecule has 1 fully saturated rings. The van der Waals surface area contributed by atoms with Crippen molar-refractivity contribution in [3.63, 3.8) is 0 Å². The fraction of sp³-hybridized carbons (Fsp3) is 0.750. The van der Waals surface area contributed by atoms with E-state index in [1.165, 1.54) is 38.2 Å². The maximum atomic E-state index is 12.0. The highest BCUT2D eigenvalue weighted by atomic mass is 16.5. The van der Waals surface area contributed by atoms with E-state index in [1.54, 1.807) is 17.9 Å². The van der Waals surface area contributed by atoms with Crippen LogP contribution in [-0.4, -0.2) is 29.5 Å². The van der Waals surface area contributed by atoms with E-state index < -0.39 is 0 Å². The van der Waals surface area contributed by atoms with Crippen molar-refractivity contribution < 1.29 is 4.74 Å². The molecule has 1 aliphatic carbocycles. The third-order valence-electron chi connectivity index (χ3n) is 4.30. The quantitative estimate of drug-likeness (QED) is 0.837. The second-order valence-electron chi connectivity index (χ2n) is 5.85. The zero-order valence-corrected chi connectivity index (χ0v) is 13.2. The number of nitrogens with one attached hydrogen (secondary N) is 1. The van der Waals surface area contributed by atoms with Gasteiger partial charge in [0.2, 0.25) is 5.88 Å². The van der Waals surface area contributed by atoms with E-state index in [4.69, 9.17) is 4.74 Å². The molecule has 1 heterocycles. The molecular formula is C16H27N3O2. The van der Waals surface area contributed by atoms with Crippen LogP contribution in [0.3, 0.4) is 0 Å². The molecule has 21 heavy (non-hydrogen) atoms. The van der Waals surface area contributed by atoms with Gasteiger partial charge in [0.05, 0.1) is 13.7 Å². The summed E-state index contributed by atoms with van der Waals surface area (Å²) in [5.41, 5.74) is -0.0603. The summed E-state index contributed by atoms with van der Waals surface area (Å²) >= 11 is 0. The van der Waals surface area contributed by atoms with E-state index in [2.05, 4.69) is 17.3 Å². The summed E-state index contributed by atoms with van der Waals surface area (Å²) in [5, 5.41) is 7.89. The van der Waals surface area contributed by atoms with Gasteiger partial charge in [0.15, 0.2) is 0 Å². The zero-order chi connectivity index (χ0) is 15.1. The second-order valence-corrected chi connectivity index (χ2v) is 5.85. The van der Waals surface area contributed by atoms with Crippen LogP contribution in [0.1, 0.15) is 45.4 Å². The van der Waals surface area contributed by atoms with Crippen LogP contribution in [0.5, 0.6) is 5.88 Å².